The van der Waals surface area contributed by atoms with E-state index in [1.807, 2.05) is 5.38 Å². The van der Waals surface area contributed by atoms with Crippen LogP contribution in [0.5, 0.6) is 0 Å². The van der Waals surface area contributed by atoms with Crippen molar-refractivity contribution in [2.45, 2.75) is 25.3 Å². The molecule has 1 aromatic heterocycles. The van der Waals surface area contributed by atoms with Crippen LogP contribution in [0.1, 0.15) is 28.9 Å². The summed E-state index contributed by atoms with van der Waals surface area (Å²) in [4.78, 5) is 36.6. The highest BCUT2D eigenvalue weighted by Crippen LogP contribution is 2.18. The molecule has 2 amide bonds. The number of nitrogens with one attached hydrogen (secondary N) is 1. The largest absolute Gasteiger partial charge is 0.480 e. The third kappa shape index (κ3) is 3.36. The summed E-state index contributed by atoms with van der Waals surface area (Å²) in [6.45, 7) is 0.701. The zero-order valence-corrected chi connectivity index (χ0v) is 11.7. The van der Waals surface area contributed by atoms with Crippen LogP contribution >= 0.6 is 11.3 Å². The van der Waals surface area contributed by atoms with Crippen LogP contribution in [0.3, 0.4) is 0 Å². The predicted octanol–water partition coefficient (Wildman–Crippen LogP) is 0.944. The Hall–Kier alpha value is -1.89. The van der Waals surface area contributed by atoms with Crippen LogP contribution in [-0.4, -0.2) is 46.9 Å². The Kier molecular flexibility index (Phi) is 4.73. The number of thiophene rings is 1. The van der Waals surface area contributed by atoms with E-state index < -0.39 is 12.0 Å². The van der Waals surface area contributed by atoms with Gasteiger partial charge in [-0.1, -0.05) is 6.07 Å². The Balaban J connectivity index is 1.78. The van der Waals surface area contributed by atoms with Crippen LogP contribution in [0.2, 0.25) is 0 Å². The van der Waals surface area contributed by atoms with Crippen molar-refractivity contribution in [3.63, 3.8) is 0 Å². The molecule has 2 rings (SSSR count). The Morgan fingerprint density at radius 3 is 2.90 bits per heavy atom. The van der Waals surface area contributed by atoms with Crippen molar-refractivity contribution < 1.29 is 19.5 Å². The van der Waals surface area contributed by atoms with E-state index in [0.717, 1.165) is 0 Å². The number of carbonyl (C=O) groups is 3. The van der Waals surface area contributed by atoms with Gasteiger partial charge in [-0.25, -0.2) is 4.79 Å². The van der Waals surface area contributed by atoms with Gasteiger partial charge in [-0.2, -0.15) is 0 Å². The summed E-state index contributed by atoms with van der Waals surface area (Å²) in [7, 11) is 0. The number of hydrogen-bond donors (Lipinski definition) is 2. The number of aliphatic carboxylic acids is 1. The van der Waals surface area contributed by atoms with E-state index >= 15 is 0 Å². The fourth-order valence-electron chi connectivity index (χ4n) is 2.24. The molecule has 0 aliphatic carbocycles. The van der Waals surface area contributed by atoms with Crippen molar-refractivity contribution in [2.24, 2.45) is 0 Å². The maximum Gasteiger partial charge on any atom is 0.326 e. The number of likely N-dealkylation sites (tertiary alicyclic amines) is 1. The monoisotopic (exact) mass is 296 g/mol. The molecule has 0 radical (unpaired) electrons. The average Bonchev–Trinajstić information content (AvgIpc) is 3.09. The Morgan fingerprint density at radius 1 is 1.45 bits per heavy atom. The second-order valence-electron chi connectivity index (χ2n) is 4.57. The zero-order chi connectivity index (χ0) is 14.5. The van der Waals surface area contributed by atoms with Crippen LogP contribution in [0.25, 0.3) is 0 Å². The van der Waals surface area contributed by atoms with Crippen molar-refractivity contribution in [2.75, 3.05) is 13.1 Å². The number of carbonyl (C=O) groups excluding carboxylic acids is 2. The van der Waals surface area contributed by atoms with E-state index in [0.29, 0.717) is 24.3 Å². The van der Waals surface area contributed by atoms with Crippen LogP contribution in [0.15, 0.2) is 17.5 Å². The van der Waals surface area contributed by atoms with Crippen molar-refractivity contribution in [1.82, 2.24) is 10.2 Å². The first-order valence-corrected chi connectivity index (χ1v) is 7.31. The fraction of sp³-hybridized carbons (Fsp3) is 0.462. The van der Waals surface area contributed by atoms with Gasteiger partial charge in [-0.05, 0) is 24.3 Å². The molecule has 108 valence electrons. The van der Waals surface area contributed by atoms with E-state index in [4.69, 9.17) is 5.11 Å². The second kappa shape index (κ2) is 6.51. The molecule has 1 fully saturated rings. The molecule has 0 bridgehead atoms. The second-order valence-corrected chi connectivity index (χ2v) is 5.51. The normalized spacial score (nSPS) is 18.0. The molecule has 0 saturated carbocycles. The number of hydrogen-bond acceptors (Lipinski definition) is 4. The van der Waals surface area contributed by atoms with Crippen LogP contribution in [-0.2, 0) is 9.59 Å². The minimum Gasteiger partial charge on any atom is -0.480 e. The van der Waals surface area contributed by atoms with Gasteiger partial charge in [-0.3, -0.25) is 9.59 Å². The molecular formula is C13H16N2O4S. The van der Waals surface area contributed by atoms with Gasteiger partial charge in [-0.15, -0.1) is 11.3 Å². The lowest BCUT2D eigenvalue weighted by Crippen LogP contribution is -2.41. The molecule has 1 atom stereocenters. The lowest BCUT2D eigenvalue weighted by Gasteiger charge is -2.21. The molecule has 7 heteroatoms. The van der Waals surface area contributed by atoms with Gasteiger partial charge in [0, 0.05) is 19.5 Å². The van der Waals surface area contributed by atoms with Crippen molar-refractivity contribution in [3.05, 3.63) is 22.4 Å². The van der Waals surface area contributed by atoms with Crippen LogP contribution in [0.4, 0.5) is 0 Å². The van der Waals surface area contributed by atoms with Gasteiger partial charge in [0.1, 0.15) is 6.04 Å². The highest BCUT2D eigenvalue weighted by Gasteiger charge is 2.33. The summed E-state index contributed by atoms with van der Waals surface area (Å²) in [6.07, 6.45) is 1.34. The van der Waals surface area contributed by atoms with E-state index in [1.54, 1.807) is 12.1 Å². The number of carboxylic acid groups (broad SMARTS) is 1. The molecule has 20 heavy (non-hydrogen) atoms. The highest BCUT2D eigenvalue weighted by atomic mass is 32.1. The number of rotatable bonds is 5. The van der Waals surface area contributed by atoms with Gasteiger partial charge >= 0.3 is 5.97 Å². The quantitative estimate of drug-likeness (QED) is 0.846. The van der Waals surface area contributed by atoms with Gasteiger partial charge in [0.2, 0.25) is 5.91 Å². The lowest BCUT2D eigenvalue weighted by atomic mass is 10.2. The molecule has 0 aromatic carbocycles. The van der Waals surface area contributed by atoms with E-state index in [-0.39, 0.29) is 24.8 Å². The summed E-state index contributed by atoms with van der Waals surface area (Å²) in [5.74, 6) is -1.39. The SMILES string of the molecule is O=C(NCCC(=O)N1CCC[C@@H]1C(=O)O)c1cccs1. The van der Waals surface area contributed by atoms with E-state index in [9.17, 15) is 14.4 Å². The number of amides is 2. The minimum absolute atomic E-state index is 0.126. The summed E-state index contributed by atoms with van der Waals surface area (Å²) in [5, 5.41) is 13.5. The summed E-state index contributed by atoms with van der Waals surface area (Å²) in [5.41, 5.74) is 0. The topological polar surface area (TPSA) is 86.7 Å². The van der Waals surface area contributed by atoms with Gasteiger partial charge in [0.25, 0.3) is 5.91 Å². The molecule has 1 saturated heterocycles. The Bertz CT molecular complexity index is 500. The Labute approximate surface area is 120 Å². The standard InChI is InChI=1S/C13H16N2O4S/c16-11(15-7-1-3-9(15)13(18)19)5-6-14-12(17)10-4-2-8-20-10/h2,4,8-9H,1,3,5-7H2,(H,14,17)(H,18,19)/t9-/m1/s1. The first-order chi connectivity index (χ1) is 9.59. The summed E-state index contributed by atoms with van der Waals surface area (Å²) < 4.78 is 0. The molecule has 0 spiro atoms. The van der Waals surface area contributed by atoms with Crippen LogP contribution in [0, 0.1) is 0 Å². The highest BCUT2D eigenvalue weighted by molar-refractivity contribution is 7.12. The first kappa shape index (κ1) is 14.5. The third-order valence-corrected chi connectivity index (χ3v) is 4.10. The zero-order valence-electron chi connectivity index (χ0n) is 10.9. The fourth-order valence-corrected chi connectivity index (χ4v) is 2.88. The number of carboxylic acids is 1. The van der Waals surface area contributed by atoms with Gasteiger partial charge in [0.05, 0.1) is 4.88 Å². The van der Waals surface area contributed by atoms with Gasteiger partial charge in [0.15, 0.2) is 0 Å². The maximum absolute atomic E-state index is 11.9. The molecule has 6 nitrogen and oxygen atoms in total. The third-order valence-electron chi connectivity index (χ3n) is 3.23. The smallest absolute Gasteiger partial charge is 0.326 e. The average molecular weight is 296 g/mol. The molecule has 2 heterocycles. The summed E-state index contributed by atoms with van der Waals surface area (Å²) in [6, 6.07) is 2.78. The van der Waals surface area contributed by atoms with Crippen LogP contribution < -0.4 is 5.32 Å². The van der Waals surface area contributed by atoms with E-state index in [2.05, 4.69) is 5.32 Å². The summed E-state index contributed by atoms with van der Waals surface area (Å²) >= 11 is 1.33. The predicted molar refractivity (Wildman–Crippen MR) is 73.6 cm³/mol. The van der Waals surface area contributed by atoms with E-state index in [1.165, 1.54) is 16.2 Å². The van der Waals surface area contributed by atoms with Crippen molar-refractivity contribution in [1.29, 1.82) is 0 Å². The van der Waals surface area contributed by atoms with Gasteiger partial charge < -0.3 is 15.3 Å². The molecule has 1 aliphatic heterocycles. The Morgan fingerprint density at radius 2 is 2.25 bits per heavy atom. The number of nitrogens with zero attached hydrogens (tertiary/aromatic N) is 1. The van der Waals surface area contributed by atoms with Crippen molar-refractivity contribution in [3.8, 4) is 0 Å². The molecule has 2 N–H and O–H groups in total. The maximum atomic E-state index is 11.9. The first-order valence-electron chi connectivity index (χ1n) is 6.43. The molecule has 1 aliphatic rings. The molecule has 1 aromatic rings. The lowest BCUT2D eigenvalue weighted by molar-refractivity contribution is -0.148. The molecular weight excluding hydrogens is 280 g/mol. The van der Waals surface area contributed by atoms with Crippen molar-refractivity contribution >= 4 is 29.1 Å². The molecule has 0 unspecified atom stereocenters. The minimum atomic E-state index is -0.960.